The van der Waals surface area contributed by atoms with Gasteiger partial charge in [-0.1, -0.05) is 24.3 Å². The molecule has 2 heterocycles. The lowest BCUT2D eigenvalue weighted by atomic mass is 10.1. The van der Waals surface area contributed by atoms with Crippen LogP contribution < -0.4 is 5.32 Å². The number of nitrogens with one attached hydrogen (secondary N) is 1. The summed E-state index contributed by atoms with van der Waals surface area (Å²) in [6.45, 7) is 6.68. The van der Waals surface area contributed by atoms with Gasteiger partial charge in [0, 0.05) is 49.7 Å². The Bertz CT molecular complexity index is 883. The van der Waals surface area contributed by atoms with Crippen molar-refractivity contribution in [3.05, 3.63) is 54.2 Å². The van der Waals surface area contributed by atoms with E-state index in [0.29, 0.717) is 13.1 Å². The lowest BCUT2D eigenvalue weighted by Gasteiger charge is -2.10. The summed E-state index contributed by atoms with van der Waals surface area (Å²) in [6.07, 6.45) is 5.47. The monoisotopic (exact) mass is 335 g/mol. The number of nitrogens with zero attached hydrogens (tertiary/aromatic N) is 4. The number of rotatable bonds is 5. The zero-order valence-electron chi connectivity index (χ0n) is 14.7. The Kier molecular flexibility index (Phi) is 4.88. The summed E-state index contributed by atoms with van der Waals surface area (Å²) in [7, 11) is 0. The average Bonchev–Trinajstić information content (AvgIpc) is 3.05. The number of amides is 1. The van der Waals surface area contributed by atoms with Crippen molar-refractivity contribution in [1.29, 1.82) is 0 Å². The van der Waals surface area contributed by atoms with Gasteiger partial charge >= 0.3 is 0 Å². The van der Waals surface area contributed by atoms with Crippen LogP contribution in [0, 0.1) is 13.8 Å². The van der Waals surface area contributed by atoms with Gasteiger partial charge in [0.25, 0.3) is 0 Å². The van der Waals surface area contributed by atoms with Gasteiger partial charge in [-0.2, -0.15) is 0 Å². The van der Waals surface area contributed by atoms with Crippen LogP contribution in [-0.4, -0.2) is 32.0 Å². The maximum absolute atomic E-state index is 11.0. The predicted octanol–water partition coefficient (Wildman–Crippen LogP) is 2.76. The van der Waals surface area contributed by atoms with Gasteiger partial charge in [-0.15, -0.1) is 0 Å². The van der Waals surface area contributed by atoms with Crippen molar-refractivity contribution in [2.75, 3.05) is 6.54 Å². The summed E-state index contributed by atoms with van der Waals surface area (Å²) in [5, 5.41) is 2.80. The van der Waals surface area contributed by atoms with E-state index in [2.05, 4.69) is 20.3 Å². The minimum absolute atomic E-state index is 0.0272. The Morgan fingerprint density at radius 3 is 2.56 bits per heavy atom. The van der Waals surface area contributed by atoms with E-state index in [-0.39, 0.29) is 5.91 Å². The fourth-order valence-electron chi connectivity index (χ4n) is 2.69. The third-order valence-corrected chi connectivity index (χ3v) is 3.93. The number of carbonyl (C=O) groups is 1. The quantitative estimate of drug-likeness (QED) is 0.778. The summed E-state index contributed by atoms with van der Waals surface area (Å²) >= 11 is 0. The van der Waals surface area contributed by atoms with E-state index < -0.39 is 0 Å². The first-order valence-corrected chi connectivity index (χ1v) is 8.21. The highest BCUT2D eigenvalue weighted by Crippen LogP contribution is 2.24. The molecule has 0 aliphatic rings. The summed E-state index contributed by atoms with van der Waals surface area (Å²) in [4.78, 5) is 24.4. The van der Waals surface area contributed by atoms with Gasteiger partial charge in [0.2, 0.25) is 5.91 Å². The molecule has 1 aromatic carbocycles. The average molecular weight is 335 g/mol. The molecule has 0 bridgehead atoms. The normalized spacial score (nSPS) is 10.7. The molecule has 0 spiro atoms. The Hall–Kier alpha value is -3.02. The first-order valence-electron chi connectivity index (χ1n) is 8.21. The Labute approximate surface area is 147 Å². The van der Waals surface area contributed by atoms with Gasteiger partial charge in [-0.3, -0.25) is 9.78 Å². The molecule has 6 heteroatoms. The molecule has 0 atom stereocenters. The fourth-order valence-corrected chi connectivity index (χ4v) is 2.69. The van der Waals surface area contributed by atoms with Crippen LogP contribution in [0.3, 0.4) is 0 Å². The summed E-state index contributed by atoms with van der Waals surface area (Å²) in [5.74, 6) is 0.851. The van der Waals surface area contributed by atoms with Crippen molar-refractivity contribution in [3.63, 3.8) is 0 Å². The van der Waals surface area contributed by atoms with Crippen molar-refractivity contribution in [2.45, 2.75) is 27.3 Å². The molecule has 0 saturated heterocycles. The third-order valence-electron chi connectivity index (χ3n) is 3.93. The van der Waals surface area contributed by atoms with Crippen LogP contribution in [0.1, 0.15) is 18.3 Å². The standard InChI is InChI=1S/C19H21N5O/c1-13-12-22-14(2)18(23-13)16-4-6-17(7-5-16)19-21-9-11-24(19)10-8-20-15(3)25/h4-7,9,11-12H,8,10H2,1-3H3,(H,20,25). The van der Waals surface area contributed by atoms with Gasteiger partial charge in [0.15, 0.2) is 0 Å². The molecule has 0 saturated carbocycles. The zero-order chi connectivity index (χ0) is 17.8. The number of aryl methyl sites for hydroxylation is 2. The number of benzene rings is 1. The molecule has 2 aromatic heterocycles. The second-order valence-electron chi connectivity index (χ2n) is 5.95. The maximum Gasteiger partial charge on any atom is 0.216 e. The smallest absolute Gasteiger partial charge is 0.216 e. The second kappa shape index (κ2) is 7.25. The number of aromatic nitrogens is 4. The SMILES string of the molecule is CC(=O)NCCn1ccnc1-c1ccc(-c2nc(C)cnc2C)cc1. The zero-order valence-corrected chi connectivity index (χ0v) is 14.7. The molecule has 1 amide bonds. The molecule has 6 nitrogen and oxygen atoms in total. The molecular weight excluding hydrogens is 314 g/mol. The number of hydrogen-bond donors (Lipinski definition) is 1. The van der Waals surface area contributed by atoms with E-state index in [0.717, 1.165) is 34.0 Å². The Morgan fingerprint density at radius 2 is 1.84 bits per heavy atom. The van der Waals surface area contributed by atoms with Crippen LogP contribution in [0.15, 0.2) is 42.9 Å². The molecule has 25 heavy (non-hydrogen) atoms. The van der Waals surface area contributed by atoms with Crippen LogP contribution in [0.4, 0.5) is 0 Å². The van der Waals surface area contributed by atoms with Gasteiger partial charge in [0.05, 0.1) is 17.1 Å². The van der Waals surface area contributed by atoms with E-state index >= 15 is 0 Å². The van der Waals surface area contributed by atoms with Gasteiger partial charge in [-0.25, -0.2) is 9.97 Å². The van der Waals surface area contributed by atoms with Crippen molar-refractivity contribution in [2.24, 2.45) is 0 Å². The summed E-state index contributed by atoms with van der Waals surface area (Å²) in [5.41, 5.74) is 4.78. The molecule has 1 N–H and O–H groups in total. The lowest BCUT2D eigenvalue weighted by molar-refractivity contribution is -0.118. The molecule has 0 aliphatic carbocycles. The van der Waals surface area contributed by atoms with Crippen LogP contribution in [-0.2, 0) is 11.3 Å². The molecule has 0 unspecified atom stereocenters. The first kappa shape index (κ1) is 16.8. The van der Waals surface area contributed by atoms with E-state index in [1.165, 1.54) is 6.92 Å². The van der Waals surface area contributed by atoms with Crippen LogP contribution in [0.5, 0.6) is 0 Å². The van der Waals surface area contributed by atoms with Crippen molar-refractivity contribution in [3.8, 4) is 22.6 Å². The minimum Gasteiger partial charge on any atom is -0.355 e. The third kappa shape index (κ3) is 3.91. The Balaban J connectivity index is 1.82. The van der Waals surface area contributed by atoms with E-state index in [9.17, 15) is 4.79 Å². The van der Waals surface area contributed by atoms with Gasteiger partial charge < -0.3 is 9.88 Å². The molecular formula is C19H21N5O. The van der Waals surface area contributed by atoms with Crippen molar-refractivity contribution in [1.82, 2.24) is 24.8 Å². The van der Waals surface area contributed by atoms with Crippen LogP contribution >= 0.6 is 0 Å². The highest BCUT2D eigenvalue weighted by Gasteiger charge is 2.09. The Morgan fingerprint density at radius 1 is 1.12 bits per heavy atom. The van der Waals surface area contributed by atoms with Crippen LogP contribution in [0.2, 0.25) is 0 Å². The highest BCUT2D eigenvalue weighted by atomic mass is 16.1. The molecule has 3 aromatic rings. The van der Waals surface area contributed by atoms with Crippen molar-refractivity contribution >= 4 is 5.91 Å². The van der Waals surface area contributed by atoms with E-state index in [1.807, 2.05) is 48.9 Å². The predicted molar refractivity (Wildman–Crippen MR) is 96.8 cm³/mol. The largest absolute Gasteiger partial charge is 0.355 e. The highest BCUT2D eigenvalue weighted by molar-refractivity contribution is 5.72. The molecule has 3 rings (SSSR count). The van der Waals surface area contributed by atoms with Crippen LogP contribution in [0.25, 0.3) is 22.6 Å². The number of carbonyl (C=O) groups excluding carboxylic acids is 1. The van der Waals surface area contributed by atoms with Crippen molar-refractivity contribution < 1.29 is 4.79 Å². The molecule has 0 aliphatic heterocycles. The molecule has 128 valence electrons. The topological polar surface area (TPSA) is 72.7 Å². The fraction of sp³-hybridized carbons (Fsp3) is 0.263. The molecule has 0 radical (unpaired) electrons. The summed E-state index contributed by atoms with van der Waals surface area (Å²) in [6, 6.07) is 8.16. The summed E-state index contributed by atoms with van der Waals surface area (Å²) < 4.78 is 2.03. The lowest BCUT2D eigenvalue weighted by Crippen LogP contribution is -2.24. The second-order valence-corrected chi connectivity index (χ2v) is 5.95. The first-order chi connectivity index (χ1) is 12.0. The van der Waals surface area contributed by atoms with E-state index in [1.54, 1.807) is 12.4 Å². The minimum atomic E-state index is -0.0272. The van der Waals surface area contributed by atoms with Gasteiger partial charge in [-0.05, 0) is 13.8 Å². The molecule has 0 fully saturated rings. The maximum atomic E-state index is 11.0. The van der Waals surface area contributed by atoms with E-state index in [4.69, 9.17) is 0 Å². The van der Waals surface area contributed by atoms with Gasteiger partial charge in [0.1, 0.15) is 5.82 Å². The number of hydrogen-bond acceptors (Lipinski definition) is 4. The number of imidazole rings is 1.